The number of nitrogens with one attached hydrogen (secondary N) is 1. The van der Waals surface area contributed by atoms with Crippen molar-refractivity contribution in [3.8, 4) is 17.2 Å². The Morgan fingerprint density at radius 1 is 1.30 bits per heavy atom. The number of fused-ring (bicyclic) bond motifs is 1. The maximum absolute atomic E-state index is 11.7. The molecule has 0 aliphatic carbocycles. The predicted octanol–water partition coefficient (Wildman–Crippen LogP) is 2.03. The van der Waals surface area contributed by atoms with Gasteiger partial charge in [-0.15, -0.1) is 0 Å². The number of hydrogen-bond donors (Lipinski definition) is 3. The number of aliphatic hydroxyl groups excluding tert-OH is 1. The number of aromatic hydroxyl groups is 1. The third kappa shape index (κ3) is 4.32. The van der Waals surface area contributed by atoms with Crippen LogP contribution in [0.2, 0.25) is 0 Å². The van der Waals surface area contributed by atoms with Crippen LogP contribution in [-0.2, 0) is 4.74 Å². The Balaban J connectivity index is 1.59. The molecule has 0 saturated carbocycles. The molecular formula is C20H23NO6. The number of carbonyl (C=O) groups excluding carboxylic acids is 1. The predicted molar refractivity (Wildman–Crippen MR) is 98.2 cm³/mol. The second-order valence-corrected chi connectivity index (χ2v) is 6.39. The van der Waals surface area contributed by atoms with Crippen LogP contribution in [0, 0.1) is 0 Å². The smallest absolute Gasteiger partial charge is 0.341 e. The molecule has 0 aromatic heterocycles. The van der Waals surface area contributed by atoms with E-state index in [1.54, 1.807) is 6.07 Å². The van der Waals surface area contributed by atoms with Crippen molar-refractivity contribution < 1.29 is 29.2 Å². The van der Waals surface area contributed by atoms with Crippen molar-refractivity contribution >= 4 is 5.97 Å². The molecule has 3 rings (SSSR count). The summed E-state index contributed by atoms with van der Waals surface area (Å²) in [4.78, 5) is 11.7. The lowest BCUT2D eigenvalue weighted by atomic mass is 10.0. The largest absolute Gasteiger partial charge is 0.507 e. The number of para-hydroxylation sites is 2. The van der Waals surface area contributed by atoms with E-state index in [9.17, 15) is 15.0 Å². The average molecular weight is 373 g/mol. The highest BCUT2D eigenvalue weighted by Crippen LogP contribution is 2.31. The van der Waals surface area contributed by atoms with Gasteiger partial charge in [0, 0.05) is 12.6 Å². The van der Waals surface area contributed by atoms with Crippen LogP contribution in [0.5, 0.6) is 17.2 Å². The van der Waals surface area contributed by atoms with E-state index < -0.39 is 12.1 Å². The lowest BCUT2D eigenvalue weighted by molar-refractivity contribution is 0.0595. The van der Waals surface area contributed by atoms with Crippen molar-refractivity contribution in [2.45, 2.75) is 25.2 Å². The summed E-state index contributed by atoms with van der Waals surface area (Å²) < 4.78 is 16.3. The number of carbonyl (C=O) groups is 1. The van der Waals surface area contributed by atoms with E-state index >= 15 is 0 Å². The zero-order chi connectivity index (χ0) is 19.4. The summed E-state index contributed by atoms with van der Waals surface area (Å²) in [7, 11) is 1.23. The second kappa shape index (κ2) is 8.28. The molecule has 0 bridgehead atoms. The topological polar surface area (TPSA) is 97.3 Å². The highest BCUT2D eigenvalue weighted by atomic mass is 16.6. The lowest BCUT2D eigenvalue weighted by Crippen LogP contribution is -2.47. The van der Waals surface area contributed by atoms with Gasteiger partial charge < -0.3 is 29.7 Å². The van der Waals surface area contributed by atoms with Crippen molar-refractivity contribution in [1.82, 2.24) is 5.32 Å². The molecule has 0 radical (unpaired) electrons. The van der Waals surface area contributed by atoms with Crippen molar-refractivity contribution in [3.63, 3.8) is 0 Å². The molecule has 2 aromatic rings. The van der Waals surface area contributed by atoms with Gasteiger partial charge in [0.05, 0.1) is 13.2 Å². The Morgan fingerprint density at radius 2 is 2.04 bits per heavy atom. The summed E-state index contributed by atoms with van der Waals surface area (Å²) >= 11 is 0. The van der Waals surface area contributed by atoms with E-state index in [0.29, 0.717) is 17.9 Å². The SMILES string of the molecule is COC(=O)c1cc(C(O)CNC(C)C2COc3ccccc3O2)ccc1O. The first-order chi connectivity index (χ1) is 13.0. The number of hydrogen-bond acceptors (Lipinski definition) is 7. The van der Waals surface area contributed by atoms with Crippen LogP contribution in [0.25, 0.3) is 0 Å². The van der Waals surface area contributed by atoms with Gasteiger partial charge in [-0.05, 0) is 36.8 Å². The summed E-state index contributed by atoms with van der Waals surface area (Å²) in [5, 5.41) is 23.4. The zero-order valence-corrected chi connectivity index (χ0v) is 15.2. The molecule has 1 heterocycles. The van der Waals surface area contributed by atoms with Crippen LogP contribution in [0.3, 0.4) is 0 Å². The van der Waals surface area contributed by atoms with Gasteiger partial charge in [0.25, 0.3) is 0 Å². The quantitative estimate of drug-likeness (QED) is 0.667. The molecule has 7 heteroatoms. The fourth-order valence-electron chi connectivity index (χ4n) is 2.86. The van der Waals surface area contributed by atoms with Gasteiger partial charge in [0.2, 0.25) is 0 Å². The molecule has 3 N–H and O–H groups in total. The molecule has 3 atom stereocenters. The maximum Gasteiger partial charge on any atom is 0.341 e. The molecule has 7 nitrogen and oxygen atoms in total. The molecule has 1 aliphatic rings. The van der Waals surface area contributed by atoms with E-state index in [1.807, 2.05) is 31.2 Å². The minimum Gasteiger partial charge on any atom is -0.507 e. The molecule has 0 fully saturated rings. The van der Waals surface area contributed by atoms with E-state index in [4.69, 9.17) is 9.47 Å². The van der Waals surface area contributed by atoms with Crippen molar-refractivity contribution in [2.75, 3.05) is 20.3 Å². The number of rotatable bonds is 6. The third-order valence-electron chi connectivity index (χ3n) is 4.53. The van der Waals surface area contributed by atoms with Crippen LogP contribution in [0.15, 0.2) is 42.5 Å². The Bertz CT molecular complexity index is 809. The van der Waals surface area contributed by atoms with Crippen LogP contribution >= 0.6 is 0 Å². The molecule has 27 heavy (non-hydrogen) atoms. The van der Waals surface area contributed by atoms with Gasteiger partial charge in [-0.2, -0.15) is 0 Å². The fourth-order valence-corrected chi connectivity index (χ4v) is 2.86. The lowest BCUT2D eigenvalue weighted by Gasteiger charge is -2.31. The molecule has 0 spiro atoms. The van der Waals surface area contributed by atoms with Gasteiger partial charge in [0.15, 0.2) is 11.5 Å². The number of ether oxygens (including phenoxy) is 3. The normalized spacial score (nSPS) is 17.8. The summed E-state index contributed by atoms with van der Waals surface area (Å²) in [5.74, 6) is 0.574. The van der Waals surface area contributed by atoms with Crippen molar-refractivity contribution in [1.29, 1.82) is 0 Å². The number of phenolic OH excluding ortho intramolecular Hbond substituents is 1. The Hall–Kier alpha value is -2.77. The molecular weight excluding hydrogens is 350 g/mol. The first-order valence-electron chi connectivity index (χ1n) is 8.70. The molecule has 0 amide bonds. The van der Waals surface area contributed by atoms with Crippen molar-refractivity contribution in [2.24, 2.45) is 0 Å². The molecule has 3 unspecified atom stereocenters. The number of methoxy groups -OCH3 is 1. The van der Waals surface area contributed by atoms with E-state index in [-0.39, 0.29) is 30.0 Å². The second-order valence-electron chi connectivity index (χ2n) is 6.39. The van der Waals surface area contributed by atoms with E-state index in [1.165, 1.54) is 19.2 Å². The minimum atomic E-state index is -0.867. The zero-order valence-electron chi connectivity index (χ0n) is 15.2. The monoisotopic (exact) mass is 373 g/mol. The van der Waals surface area contributed by atoms with Crippen LogP contribution in [0.4, 0.5) is 0 Å². The maximum atomic E-state index is 11.7. The molecule has 144 valence electrons. The Kier molecular flexibility index (Phi) is 5.83. The summed E-state index contributed by atoms with van der Waals surface area (Å²) in [6.45, 7) is 2.60. The highest BCUT2D eigenvalue weighted by Gasteiger charge is 2.26. The summed E-state index contributed by atoms with van der Waals surface area (Å²) in [6, 6.07) is 11.8. The summed E-state index contributed by atoms with van der Waals surface area (Å²) in [6.07, 6.45) is -1.06. The highest BCUT2D eigenvalue weighted by molar-refractivity contribution is 5.92. The van der Waals surface area contributed by atoms with Gasteiger partial charge in [-0.3, -0.25) is 0 Å². The van der Waals surface area contributed by atoms with Crippen molar-refractivity contribution in [3.05, 3.63) is 53.6 Å². The fraction of sp³-hybridized carbons (Fsp3) is 0.350. The van der Waals surface area contributed by atoms with Gasteiger partial charge in [-0.25, -0.2) is 4.79 Å². The van der Waals surface area contributed by atoms with Gasteiger partial charge in [-0.1, -0.05) is 18.2 Å². The molecule has 0 saturated heterocycles. The number of phenols is 1. The minimum absolute atomic E-state index is 0.0164. The first kappa shape index (κ1) is 19.0. The number of benzene rings is 2. The standard InChI is InChI=1S/C20H23NO6/c1-12(19-11-26-17-5-3-4-6-18(17)27-19)21-10-16(23)13-7-8-15(22)14(9-13)20(24)25-2/h3-9,12,16,19,21-23H,10-11H2,1-2H3. The van der Waals surface area contributed by atoms with E-state index in [0.717, 1.165) is 5.75 Å². The molecule has 2 aromatic carbocycles. The van der Waals surface area contributed by atoms with Crippen LogP contribution in [-0.4, -0.2) is 48.6 Å². The van der Waals surface area contributed by atoms with Crippen LogP contribution < -0.4 is 14.8 Å². The van der Waals surface area contributed by atoms with Gasteiger partial charge in [0.1, 0.15) is 24.0 Å². The number of aliphatic hydroxyl groups is 1. The molecule has 1 aliphatic heterocycles. The summed E-state index contributed by atoms with van der Waals surface area (Å²) in [5.41, 5.74) is 0.516. The Labute approximate surface area is 157 Å². The van der Waals surface area contributed by atoms with E-state index in [2.05, 4.69) is 10.1 Å². The number of esters is 1. The third-order valence-corrected chi connectivity index (χ3v) is 4.53. The van der Waals surface area contributed by atoms with Gasteiger partial charge >= 0.3 is 5.97 Å². The average Bonchev–Trinajstić information content (AvgIpc) is 2.71. The first-order valence-corrected chi connectivity index (χ1v) is 8.70. The van der Waals surface area contributed by atoms with Crippen LogP contribution in [0.1, 0.15) is 28.9 Å². The Morgan fingerprint density at radius 3 is 2.78 bits per heavy atom.